The minimum absolute atomic E-state index is 0.254. The van der Waals surface area contributed by atoms with E-state index in [1.165, 1.54) is 29.7 Å². The first kappa shape index (κ1) is 9.50. The Labute approximate surface area is 87.9 Å². The maximum absolute atomic E-state index is 6.00. The van der Waals surface area contributed by atoms with E-state index in [-0.39, 0.29) is 6.04 Å². The fourth-order valence-corrected chi connectivity index (χ4v) is 3.49. The Morgan fingerprint density at radius 3 is 3.15 bits per heavy atom. The Bertz CT molecular complexity index is 306. The molecular formula is C10H14ClNS. The summed E-state index contributed by atoms with van der Waals surface area (Å²) in [6, 6.07) is 2.36. The van der Waals surface area contributed by atoms with E-state index in [2.05, 4.69) is 13.0 Å². The average Bonchev–Trinajstić information content (AvgIpc) is 2.43. The van der Waals surface area contributed by atoms with Gasteiger partial charge < -0.3 is 5.73 Å². The molecule has 0 saturated carbocycles. The Morgan fingerprint density at radius 2 is 2.46 bits per heavy atom. The number of fused-ring (bicyclic) bond motifs is 1. The minimum Gasteiger partial charge on any atom is -0.327 e. The van der Waals surface area contributed by atoms with Crippen molar-refractivity contribution in [2.24, 2.45) is 5.73 Å². The van der Waals surface area contributed by atoms with E-state index in [1.54, 1.807) is 11.3 Å². The molecule has 1 aliphatic carbocycles. The van der Waals surface area contributed by atoms with Gasteiger partial charge in [-0.25, -0.2) is 0 Å². The van der Waals surface area contributed by atoms with Crippen LogP contribution in [-0.2, 0) is 6.42 Å². The average molecular weight is 216 g/mol. The number of thiophene rings is 1. The van der Waals surface area contributed by atoms with Crippen LogP contribution in [-0.4, -0.2) is 6.04 Å². The maximum Gasteiger partial charge on any atom is 0.0934 e. The van der Waals surface area contributed by atoms with Gasteiger partial charge >= 0.3 is 0 Å². The lowest BCUT2D eigenvalue weighted by molar-refractivity contribution is 0.489. The second kappa shape index (κ2) is 3.60. The summed E-state index contributed by atoms with van der Waals surface area (Å²) in [7, 11) is 0. The molecule has 13 heavy (non-hydrogen) atoms. The van der Waals surface area contributed by atoms with Gasteiger partial charge in [0.25, 0.3) is 0 Å². The molecule has 1 aromatic rings. The zero-order valence-corrected chi connectivity index (χ0v) is 9.29. The summed E-state index contributed by atoms with van der Waals surface area (Å²) in [5, 5.41) is 0. The highest BCUT2D eigenvalue weighted by Gasteiger charge is 2.25. The van der Waals surface area contributed by atoms with Gasteiger partial charge in [-0.2, -0.15) is 0 Å². The number of hydrogen-bond donors (Lipinski definition) is 1. The highest BCUT2D eigenvalue weighted by molar-refractivity contribution is 7.16. The summed E-state index contributed by atoms with van der Waals surface area (Å²) < 4.78 is 0.914. The van der Waals surface area contributed by atoms with Crippen LogP contribution in [0.5, 0.6) is 0 Å². The van der Waals surface area contributed by atoms with Crippen molar-refractivity contribution in [1.82, 2.24) is 0 Å². The fourth-order valence-electron chi connectivity index (χ4n) is 2.10. The zero-order valence-electron chi connectivity index (χ0n) is 7.72. The third-order valence-corrected chi connectivity index (χ3v) is 4.10. The molecule has 0 aliphatic heterocycles. The van der Waals surface area contributed by atoms with Crippen molar-refractivity contribution in [3.05, 3.63) is 20.8 Å². The molecule has 1 nitrogen and oxygen atoms in total. The molecule has 2 rings (SSSR count). The van der Waals surface area contributed by atoms with Crippen LogP contribution in [0.25, 0.3) is 0 Å². The van der Waals surface area contributed by atoms with E-state index in [9.17, 15) is 0 Å². The molecule has 0 amide bonds. The van der Waals surface area contributed by atoms with E-state index in [1.807, 2.05) is 0 Å². The summed E-state index contributed by atoms with van der Waals surface area (Å²) in [6.07, 6.45) is 3.67. The maximum atomic E-state index is 6.00. The van der Waals surface area contributed by atoms with Gasteiger partial charge in [0.15, 0.2) is 0 Å². The van der Waals surface area contributed by atoms with Crippen molar-refractivity contribution in [3.63, 3.8) is 0 Å². The molecule has 0 radical (unpaired) electrons. The summed E-state index contributed by atoms with van der Waals surface area (Å²) in [5.41, 5.74) is 7.37. The topological polar surface area (TPSA) is 26.0 Å². The van der Waals surface area contributed by atoms with Crippen LogP contribution in [0, 0.1) is 0 Å². The van der Waals surface area contributed by atoms with Crippen molar-refractivity contribution < 1.29 is 0 Å². The molecule has 72 valence electrons. The third-order valence-electron chi connectivity index (χ3n) is 2.76. The van der Waals surface area contributed by atoms with Crippen LogP contribution < -0.4 is 5.73 Å². The lowest BCUT2D eigenvalue weighted by Gasteiger charge is -2.25. The van der Waals surface area contributed by atoms with Crippen LogP contribution >= 0.6 is 22.9 Å². The first-order valence-corrected chi connectivity index (χ1v) is 5.91. The van der Waals surface area contributed by atoms with Crippen LogP contribution in [0.1, 0.15) is 36.1 Å². The lowest BCUT2D eigenvalue weighted by Crippen LogP contribution is -2.26. The molecular weight excluding hydrogens is 202 g/mol. The van der Waals surface area contributed by atoms with Crippen molar-refractivity contribution in [2.45, 2.75) is 38.1 Å². The van der Waals surface area contributed by atoms with Crippen LogP contribution in [0.4, 0.5) is 0 Å². The van der Waals surface area contributed by atoms with Crippen molar-refractivity contribution in [1.29, 1.82) is 0 Å². The molecule has 2 atom stereocenters. The molecule has 0 spiro atoms. The molecule has 0 fully saturated rings. The van der Waals surface area contributed by atoms with Gasteiger partial charge in [0.05, 0.1) is 4.34 Å². The van der Waals surface area contributed by atoms with Gasteiger partial charge in [0, 0.05) is 10.9 Å². The van der Waals surface area contributed by atoms with Gasteiger partial charge in [0.2, 0.25) is 0 Å². The van der Waals surface area contributed by atoms with E-state index >= 15 is 0 Å². The van der Waals surface area contributed by atoms with Crippen LogP contribution in [0.3, 0.4) is 0 Å². The Balaban J connectivity index is 2.36. The van der Waals surface area contributed by atoms with E-state index < -0.39 is 0 Å². The largest absolute Gasteiger partial charge is 0.327 e. The molecule has 2 N–H and O–H groups in total. The van der Waals surface area contributed by atoms with Crippen molar-refractivity contribution in [2.75, 3.05) is 0 Å². The van der Waals surface area contributed by atoms with Crippen LogP contribution in [0.15, 0.2) is 6.07 Å². The van der Waals surface area contributed by atoms with Crippen molar-refractivity contribution >= 4 is 22.9 Å². The van der Waals surface area contributed by atoms with Crippen LogP contribution in [0.2, 0.25) is 4.34 Å². The minimum atomic E-state index is 0.254. The summed E-state index contributed by atoms with van der Waals surface area (Å²) in [6.45, 7) is 2.09. The van der Waals surface area contributed by atoms with Gasteiger partial charge in [-0.15, -0.1) is 11.3 Å². The van der Waals surface area contributed by atoms with E-state index in [0.717, 1.165) is 4.34 Å². The Morgan fingerprint density at radius 1 is 1.69 bits per heavy atom. The summed E-state index contributed by atoms with van der Waals surface area (Å²) in [4.78, 5) is 1.46. The monoisotopic (exact) mass is 215 g/mol. The first-order valence-electron chi connectivity index (χ1n) is 4.72. The zero-order chi connectivity index (χ0) is 9.42. The van der Waals surface area contributed by atoms with Gasteiger partial charge in [0.1, 0.15) is 0 Å². The van der Waals surface area contributed by atoms with Gasteiger partial charge in [-0.3, -0.25) is 0 Å². The van der Waals surface area contributed by atoms with E-state index in [4.69, 9.17) is 17.3 Å². The van der Waals surface area contributed by atoms with Gasteiger partial charge in [-0.05, 0) is 43.7 Å². The highest BCUT2D eigenvalue weighted by atomic mass is 35.5. The quantitative estimate of drug-likeness (QED) is 0.765. The second-order valence-corrected chi connectivity index (χ2v) is 5.55. The predicted molar refractivity (Wildman–Crippen MR) is 58.7 cm³/mol. The number of halogens is 1. The molecule has 0 saturated heterocycles. The summed E-state index contributed by atoms with van der Waals surface area (Å²) in [5.74, 6) is 0.535. The summed E-state index contributed by atoms with van der Waals surface area (Å²) >= 11 is 7.72. The normalized spacial score (nSPS) is 24.1. The molecule has 0 aromatic carbocycles. The Kier molecular flexibility index (Phi) is 2.63. The number of hydrogen-bond acceptors (Lipinski definition) is 2. The van der Waals surface area contributed by atoms with Crippen molar-refractivity contribution in [3.8, 4) is 0 Å². The van der Waals surface area contributed by atoms with E-state index in [0.29, 0.717) is 5.92 Å². The molecule has 3 heteroatoms. The molecule has 2 unspecified atom stereocenters. The molecule has 0 bridgehead atoms. The third kappa shape index (κ3) is 1.76. The number of nitrogens with two attached hydrogens (primary N) is 1. The fraction of sp³-hybridized carbons (Fsp3) is 0.600. The first-order chi connectivity index (χ1) is 6.18. The van der Waals surface area contributed by atoms with Gasteiger partial charge in [-0.1, -0.05) is 11.6 Å². The predicted octanol–water partition coefficient (Wildman–Crippen LogP) is 3.17. The second-order valence-electron chi connectivity index (χ2n) is 3.79. The molecule has 1 aliphatic rings. The lowest BCUT2D eigenvalue weighted by atomic mass is 9.83. The standard InChI is InChI=1S/C10H14ClNS/c1-6(12)7-3-2-4-9-8(7)5-10(11)13-9/h5-7H,2-4,12H2,1H3. The SMILES string of the molecule is CC(N)C1CCCc2sc(Cl)cc21. The molecule has 1 heterocycles. The Hall–Kier alpha value is -0.0500. The smallest absolute Gasteiger partial charge is 0.0934 e. The molecule has 1 aromatic heterocycles. The number of rotatable bonds is 1. The number of aryl methyl sites for hydroxylation is 1. The highest BCUT2D eigenvalue weighted by Crippen LogP contribution is 2.39.